The molecule has 0 aromatic carbocycles. The Labute approximate surface area is 113 Å². The molecule has 0 radical (unpaired) electrons. The molecule has 1 rings (SSSR count). The highest BCUT2D eigenvalue weighted by Gasteiger charge is 2.46. The van der Waals surface area contributed by atoms with Crippen molar-refractivity contribution in [3.63, 3.8) is 0 Å². The zero-order valence-electron chi connectivity index (χ0n) is 13.3. The van der Waals surface area contributed by atoms with Crippen molar-refractivity contribution in [2.45, 2.75) is 73.4 Å². The number of hydrogen-bond donors (Lipinski definition) is 0. The third-order valence-electron chi connectivity index (χ3n) is 3.71. The average Bonchev–Trinajstić information content (AvgIpc) is 2.12. The molecule has 2 heteroatoms. The summed E-state index contributed by atoms with van der Waals surface area (Å²) < 4.78 is 12.3. The highest BCUT2D eigenvalue weighted by Crippen LogP contribution is 2.41. The van der Waals surface area contributed by atoms with Crippen LogP contribution >= 0.6 is 0 Å². The van der Waals surface area contributed by atoms with Gasteiger partial charge in [-0.1, -0.05) is 33.3 Å². The second-order valence-electron chi connectivity index (χ2n) is 6.95. The highest BCUT2D eigenvalue weighted by atomic mass is 16.7. The van der Waals surface area contributed by atoms with Gasteiger partial charge >= 0.3 is 0 Å². The smallest absolute Gasteiger partial charge is 0.178 e. The van der Waals surface area contributed by atoms with Crippen molar-refractivity contribution in [1.82, 2.24) is 0 Å². The van der Waals surface area contributed by atoms with E-state index in [4.69, 9.17) is 9.47 Å². The van der Waals surface area contributed by atoms with E-state index in [-0.39, 0.29) is 18.0 Å². The predicted molar refractivity (Wildman–Crippen MR) is 76.4 cm³/mol. The molecule has 0 saturated carbocycles. The van der Waals surface area contributed by atoms with Crippen molar-refractivity contribution in [3.05, 3.63) is 11.6 Å². The van der Waals surface area contributed by atoms with Crippen LogP contribution in [0.25, 0.3) is 0 Å². The summed E-state index contributed by atoms with van der Waals surface area (Å²) in [5.41, 5.74) is 1.10. The molecule has 1 saturated heterocycles. The van der Waals surface area contributed by atoms with Gasteiger partial charge in [0.1, 0.15) is 0 Å². The summed E-state index contributed by atoms with van der Waals surface area (Å²) in [5.74, 6) is 1.49. The number of rotatable bonds is 3. The molecule has 1 fully saturated rings. The molecule has 0 N–H and O–H groups in total. The Bertz CT molecular complexity index is 298. The lowest BCUT2D eigenvalue weighted by molar-refractivity contribution is -0.296. The van der Waals surface area contributed by atoms with Crippen LogP contribution in [-0.2, 0) is 9.47 Å². The summed E-state index contributed by atoms with van der Waals surface area (Å²) >= 11 is 0. The van der Waals surface area contributed by atoms with Crippen molar-refractivity contribution in [1.29, 1.82) is 0 Å². The molecule has 106 valence electrons. The second-order valence-corrected chi connectivity index (χ2v) is 6.95. The fourth-order valence-electron chi connectivity index (χ4n) is 3.14. The van der Waals surface area contributed by atoms with Crippen LogP contribution in [0.4, 0.5) is 0 Å². The maximum absolute atomic E-state index is 6.17. The van der Waals surface area contributed by atoms with Crippen LogP contribution in [0.2, 0.25) is 0 Å². The van der Waals surface area contributed by atoms with Crippen molar-refractivity contribution in [3.8, 4) is 0 Å². The van der Waals surface area contributed by atoms with Gasteiger partial charge in [0, 0.05) is 5.92 Å². The van der Waals surface area contributed by atoms with E-state index in [0.29, 0.717) is 17.8 Å². The molecule has 1 heterocycles. The first-order chi connectivity index (χ1) is 8.15. The molecular weight excluding hydrogens is 224 g/mol. The minimum atomic E-state index is -0.201. The standard InChI is InChI=1S/C16H30O2/c1-10(2)9-13-17-15(12(5)6)14(11(3)4)16(7,8)18-13/h9,11-15H,1-8H3. The third-order valence-corrected chi connectivity index (χ3v) is 3.71. The van der Waals surface area contributed by atoms with E-state index in [0.717, 1.165) is 0 Å². The monoisotopic (exact) mass is 254 g/mol. The van der Waals surface area contributed by atoms with E-state index in [1.165, 1.54) is 5.57 Å². The maximum Gasteiger partial charge on any atom is 0.178 e. The van der Waals surface area contributed by atoms with Gasteiger partial charge in [-0.05, 0) is 45.6 Å². The van der Waals surface area contributed by atoms with Crippen LogP contribution in [0, 0.1) is 17.8 Å². The molecule has 2 nitrogen and oxygen atoms in total. The zero-order valence-corrected chi connectivity index (χ0v) is 13.3. The number of allylic oxidation sites excluding steroid dienone is 1. The molecule has 0 bridgehead atoms. The Balaban J connectivity index is 3.00. The van der Waals surface area contributed by atoms with Crippen molar-refractivity contribution in [2.75, 3.05) is 0 Å². The van der Waals surface area contributed by atoms with Crippen LogP contribution in [-0.4, -0.2) is 18.0 Å². The van der Waals surface area contributed by atoms with Gasteiger partial charge in [0.2, 0.25) is 0 Å². The van der Waals surface area contributed by atoms with Crippen molar-refractivity contribution >= 4 is 0 Å². The SMILES string of the molecule is CC(C)=CC1OC(C(C)C)C(C(C)C)C(C)(C)O1. The van der Waals surface area contributed by atoms with Gasteiger partial charge in [-0.3, -0.25) is 0 Å². The van der Waals surface area contributed by atoms with Gasteiger partial charge in [-0.15, -0.1) is 0 Å². The summed E-state index contributed by atoms with van der Waals surface area (Å²) in [4.78, 5) is 0. The van der Waals surface area contributed by atoms with Crippen LogP contribution in [0.1, 0.15) is 55.4 Å². The molecule has 3 unspecified atom stereocenters. The lowest BCUT2D eigenvalue weighted by atomic mass is 9.74. The molecule has 1 aliphatic rings. The minimum absolute atomic E-state index is 0.141. The molecule has 0 aliphatic carbocycles. The summed E-state index contributed by atoms with van der Waals surface area (Å²) in [6, 6.07) is 0. The van der Waals surface area contributed by atoms with E-state index in [9.17, 15) is 0 Å². The normalized spacial score (nSPS) is 31.8. The Morgan fingerprint density at radius 2 is 1.61 bits per heavy atom. The van der Waals surface area contributed by atoms with Crippen molar-refractivity contribution in [2.24, 2.45) is 17.8 Å². The van der Waals surface area contributed by atoms with Gasteiger partial charge in [0.05, 0.1) is 11.7 Å². The van der Waals surface area contributed by atoms with E-state index in [1.807, 2.05) is 0 Å². The Morgan fingerprint density at radius 1 is 1.06 bits per heavy atom. The average molecular weight is 254 g/mol. The molecule has 0 aromatic heterocycles. The molecule has 18 heavy (non-hydrogen) atoms. The third kappa shape index (κ3) is 3.58. The van der Waals surface area contributed by atoms with Gasteiger partial charge in [-0.2, -0.15) is 0 Å². The van der Waals surface area contributed by atoms with Gasteiger partial charge in [0.15, 0.2) is 6.29 Å². The fraction of sp³-hybridized carbons (Fsp3) is 0.875. The Kier molecular flexibility index (Phi) is 5.02. The Morgan fingerprint density at radius 3 is 2.00 bits per heavy atom. The topological polar surface area (TPSA) is 18.5 Å². The Hall–Kier alpha value is -0.340. The van der Waals surface area contributed by atoms with E-state index >= 15 is 0 Å². The predicted octanol–water partition coefficient (Wildman–Crippen LogP) is 4.40. The summed E-state index contributed by atoms with van der Waals surface area (Å²) in [6.45, 7) is 17.5. The van der Waals surface area contributed by atoms with Gasteiger partial charge in [-0.25, -0.2) is 0 Å². The summed E-state index contributed by atoms with van der Waals surface area (Å²) in [5, 5.41) is 0. The van der Waals surface area contributed by atoms with E-state index in [2.05, 4.69) is 61.5 Å². The summed E-state index contributed by atoms with van der Waals surface area (Å²) in [6.07, 6.45) is 2.13. The number of hydrogen-bond acceptors (Lipinski definition) is 2. The summed E-state index contributed by atoms with van der Waals surface area (Å²) in [7, 11) is 0. The van der Waals surface area contributed by atoms with Gasteiger partial charge in [0.25, 0.3) is 0 Å². The molecule has 1 aliphatic heterocycles. The molecule has 0 amide bonds. The van der Waals surface area contributed by atoms with E-state index < -0.39 is 0 Å². The number of ether oxygens (including phenoxy) is 2. The van der Waals surface area contributed by atoms with Gasteiger partial charge < -0.3 is 9.47 Å². The van der Waals surface area contributed by atoms with Crippen LogP contribution in [0.15, 0.2) is 11.6 Å². The lowest BCUT2D eigenvalue weighted by Gasteiger charge is -2.50. The second kappa shape index (κ2) is 5.75. The quantitative estimate of drug-likeness (QED) is 0.695. The largest absolute Gasteiger partial charge is 0.345 e. The molecule has 0 spiro atoms. The van der Waals surface area contributed by atoms with E-state index in [1.54, 1.807) is 0 Å². The lowest BCUT2D eigenvalue weighted by Crippen LogP contribution is -2.55. The molecule has 0 aromatic rings. The maximum atomic E-state index is 6.17. The first-order valence-electron chi connectivity index (χ1n) is 7.13. The fourth-order valence-corrected chi connectivity index (χ4v) is 3.14. The minimum Gasteiger partial charge on any atom is -0.345 e. The zero-order chi connectivity index (χ0) is 14.1. The van der Waals surface area contributed by atoms with Crippen LogP contribution in [0.3, 0.4) is 0 Å². The molecule has 3 atom stereocenters. The first-order valence-corrected chi connectivity index (χ1v) is 7.13. The van der Waals surface area contributed by atoms with Crippen LogP contribution in [0.5, 0.6) is 0 Å². The van der Waals surface area contributed by atoms with Crippen molar-refractivity contribution < 1.29 is 9.47 Å². The highest BCUT2D eigenvalue weighted by molar-refractivity contribution is 5.01. The molecular formula is C16H30O2. The first kappa shape index (κ1) is 15.7. The van der Waals surface area contributed by atoms with Crippen LogP contribution < -0.4 is 0 Å².